The molecule has 2 aromatic rings. The van der Waals surface area contributed by atoms with Crippen molar-refractivity contribution in [2.24, 2.45) is 7.05 Å². The van der Waals surface area contributed by atoms with Crippen LogP contribution in [-0.4, -0.2) is 9.55 Å². The highest BCUT2D eigenvalue weighted by Gasteiger charge is 2.03. The van der Waals surface area contributed by atoms with Gasteiger partial charge in [0, 0.05) is 18.3 Å². The lowest BCUT2D eigenvalue weighted by Crippen LogP contribution is -2.02. The third kappa shape index (κ3) is 2.46. The fourth-order valence-electron chi connectivity index (χ4n) is 1.37. The molecule has 2 rings (SSSR count). The number of benzene rings is 1. The third-order valence-corrected chi connectivity index (χ3v) is 2.39. The highest BCUT2D eigenvalue weighted by Crippen LogP contribution is 2.18. The Morgan fingerprint density at radius 3 is 2.94 bits per heavy atom. The van der Waals surface area contributed by atoms with Crippen molar-refractivity contribution in [2.75, 3.05) is 5.73 Å². The number of nitrogens with zero attached hydrogens (tertiary/aromatic N) is 2. The van der Waals surface area contributed by atoms with E-state index in [4.69, 9.17) is 22.1 Å². The van der Waals surface area contributed by atoms with Crippen molar-refractivity contribution in [3.63, 3.8) is 0 Å². The van der Waals surface area contributed by atoms with Gasteiger partial charge in [0.2, 0.25) is 0 Å². The maximum absolute atomic E-state index is 5.84. The summed E-state index contributed by atoms with van der Waals surface area (Å²) >= 11 is 5.84. The highest BCUT2D eigenvalue weighted by molar-refractivity contribution is 6.30. The summed E-state index contributed by atoms with van der Waals surface area (Å²) in [5, 5.41) is 0.650. The van der Waals surface area contributed by atoms with Crippen LogP contribution in [0, 0.1) is 0 Å². The first kappa shape index (κ1) is 10.8. The largest absolute Gasteiger partial charge is 0.486 e. The first-order valence-corrected chi connectivity index (χ1v) is 5.19. The number of nitrogens with two attached hydrogens (primary N) is 1. The molecule has 0 aliphatic rings. The number of imidazole rings is 1. The van der Waals surface area contributed by atoms with Gasteiger partial charge in [-0.2, -0.15) is 0 Å². The second kappa shape index (κ2) is 4.45. The summed E-state index contributed by atoms with van der Waals surface area (Å²) in [6.07, 6.45) is 1.75. The highest BCUT2D eigenvalue weighted by atomic mass is 35.5. The van der Waals surface area contributed by atoms with Gasteiger partial charge in [-0.15, -0.1) is 0 Å². The summed E-state index contributed by atoms with van der Waals surface area (Å²) in [4.78, 5) is 4.13. The van der Waals surface area contributed by atoms with Crippen LogP contribution in [0.25, 0.3) is 0 Å². The van der Waals surface area contributed by atoms with Gasteiger partial charge in [0.1, 0.15) is 24.0 Å². The van der Waals surface area contributed by atoms with Crippen LogP contribution in [0.4, 0.5) is 5.82 Å². The molecular formula is C11H12ClN3O. The van der Waals surface area contributed by atoms with Crippen LogP contribution < -0.4 is 10.5 Å². The van der Waals surface area contributed by atoms with E-state index in [1.807, 2.05) is 23.7 Å². The summed E-state index contributed by atoms with van der Waals surface area (Å²) in [5.41, 5.74) is 5.56. The predicted molar refractivity (Wildman–Crippen MR) is 63.4 cm³/mol. The zero-order valence-electron chi connectivity index (χ0n) is 8.85. The SMILES string of the molecule is Cn1cc(N)nc1COc1cccc(Cl)c1. The summed E-state index contributed by atoms with van der Waals surface area (Å²) in [5.74, 6) is 1.98. The number of anilines is 1. The number of nitrogen functional groups attached to an aromatic ring is 1. The van der Waals surface area contributed by atoms with Gasteiger partial charge in [0.25, 0.3) is 0 Å². The molecule has 0 saturated heterocycles. The summed E-state index contributed by atoms with van der Waals surface area (Å²) in [7, 11) is 1.88. The van der Waals surface area contributed by atoms with E-state index in [-0.39, 0.29) is 0 Å². The lowest BCUT2D eigenvalue weighted by Gasteiger charge is -2.05. The minimum atomic E-state index is 0.369. The molecule has 0 unspecified atom stereocenters. The average molecular weight is 238 g/mol. The molecule has 5 heteroatoms. The molecule has 16 heavy (non-hydrogen) atoms. The zero-order chi connectivity index (χ0) is 11.5. The Morgan fingerprint density at radius 2 is 2.31 bits per heavy atom. The lowest BCUT2D eigenvalue weighted by atomic mass is 10.3. The summed E-state index contributed by atoms with van der Waals surface area (Å²) < 4.78 is 7.38. The van der Waals surface area contributed by atoms with Crippen LogP contribution in [0.15, 0.2) is 30.5 Å². The van der Waals surface area contributed by atoms with Crippen LogP contribution in [0.2, 0.25) is 5.02 Å². The molecule has 1 aromatic heterocycles. The summed E-state index contributed by atoms with van der Waals surface area (Å²) in [6.45, 7) is 0.369. The van der Waals surface area contributed by atoms with Gasteiger partial charge in [0.05, 0.1) is 0 Å². The molecule has 0 radical (unpaired) electrons. The first-order chi connectivity index (χ1) is 7.65. The quantitative estimate of drug-likeness (QED) is 0.891. The Bertz CT molecular complexity index is 496. The molecular weight excluding hydrogens is 226 g/mol. The molecule has 0 amide bonds. The normalized spacial score (nSPS) is 10.4. The van der Waals surface area contributed by atoms with Crippen LogP contribution >= 0.6 is 11.6 Å². The Morgan fingerprint density at radius 1 is 1.50 bits per heavy atom. The number of aryl methyl sites for hydroxylation is 1. The second-order valence-corrected chi connectivity index (χ2v) is 3.88. The molecule has 2 N–H and O–H groups in total. The molecule has 0 aliphatic heterocycles. The molecule has 0 spiro atoms. The van der Waals surface area contributed by atoms with Crippen molar-refractivity contribution >= 4 is 17.4 Å². The van der Waals surface area contributed by atoms with Gasteiger partial charge in [0.15, 0.2) is 0 Å². The molecule has 1 heterocycles. The number of hydrogen-bond donors (Lipinski definition) is 1. The van der Waals surface area contributed by atoms with E-state index in [0.29, 0.717) is 23.2 Å². The van der Waals surface area contributed by atoms with E-state index in [9.17, 15) is 0 Å². The summed E-state index contributed by atoms with van der Waals surface area (Å²) in [6, 6.07) is 7.24. The monoisotopic (exact) mass is 237 g/mol. The van der Waals surface area contributed by atoms with E-state index >= 15 is 0 Å². The van der Waals surface area contributed by atoms with E-state index < -0.39 is 0 Å². The average Bonchev–Trinajstić information content (AvgIpc) is 2.54. The van der Waals surface area contributed by atoms with Crippen LogP contribution in [0.3, 0.4) is 0 Å². The van der Waals surface area contributed by atoms with Crippen molar-refractivity contribution in [1.82, 2.24) is 9.55 Å². The van der Waals surface area contributed by atoms with Crippen LogP contribution in [0.5, 0.6) is 5.75 Å². The van der Waals surface area contributed by atoms with Crippen molar-refractivity contribution in [1.29, 1.82) is 0 Å². The Hall–Kier alpha value is -1.68. The maximum atomic E-state index is 5.84. The van der Waals surface area contributed by atoms with Crippen molar-refractivity contribution < 1.29 is 4.74 Å². The van der Waals surface area contributed by atoms with Crippen molar-refractivity contribution in [3.05, 3.63) is 41.3 Å². The lowest BCUT2D eigenvalue weighted by molar-refractivity contribution is 0.292. The molecule has 0 aliphatic carbocycles. The Balaban J connectivity index is 2.05. The Labute approximate surface area is 98.6 Å². The smallest absolute Gasteiger partial charge is 0.149 e. The fourth-order valence-corrected chi connectivity index (χ4v) is 1.55. The van der Waals surface area contributed by atoms with Gasteiger partial charge in [-0.05, 0) is 18.2 Å². The van der Waals surface area contributed by atoms with Gasteiger partial charge < -0.3 is 15.0 Å². The van der Waals surface area contributed by atoms with Crippen molar-refractivity contribution in [3.8, 4) is 5.75 Å². The van der Waals surface area contributed by atoms with Gasteiger partial charge in [-0.25, -0.2) is 4.98 Å². The van der Waals surface area contributed by atoms with E-state index in [0.717, 1.165) is 5.82 Å². The second-order valence-electron chi connectivity index (χ2n) is 3.44. The minimum Gasteiger partial charge on any atom is -0.486 e. The molecule has 84 valence electrons. The van der Waals surface area contributed by atoms with E-state index in [1.165, 1.54) is 0 Å². The van der Waals surface area contributed by atoms with Crippen molar-refractivity contribution in [2.45, 2.75) is 6.61 Å². The maximum Gasteiger partial charge on any atom is 0.149 e. The predicted octanol–water partition coefficient (Wildman–Crippen LogP) is 2.23. The Kier molecular flexibility index (Phi) is 3.01. The molecule has 0 fully saturated rings. The molecule has 0 atom stereocenters. The van der Waals surface area contributed by atoms with Crippen LogP contribution in [0.1, 0.15) is 5.82 Å². The topological polar surface area (TPSA) is 53.1 Å². The van der Waals surface area contributed by atoms with E-state index in [2.05, 4.69) is 4.98 Å². The number of halogens is 1. The van der Waals surface area contributed by atoms with E-state index in [1.54, 1.807) is 18.3 Å². The number of aromatic nitrogens is 2. The minimum absolute atomic E-state index is 0.369. The van der Waals surface area contributed by atoms with Gasteiger partial charge in [-0.3, -0.25) is 0 Å². The number of ether oxygens (including phenoxy) is 1. The molecule has 0 saturated carbocycles. The van der Waals surface area contributed by atoms with Gasteiger partial charge >= 0.3 is 0 Å². The van der Waals surface area contributed by atoms with Gasteiger partial charge in [-0.1, -0.05) is 17.7 Å². The fraction of sp³-hybridized carbons (Fsp3) is 0.182. The number of rotatable bonds is 3. The standard InChI is InChI=1S/C11H12ClN3O/c1-15-6-10(13)14-11(15)7-16-9-4-2-3-8(12)5-9/h2-6H,7,13H2,1H3. The molecule has 4 nitrogen and oxygen atoms in total. The number of hydrogen-bond acceptors (Lipinski definition) is 3. The zero-order valence-corrected chi connectivity index (χ0v) is 9.61. The third-order valence-electron chi connectivity index (χ3n) is 2.16. The first-order valence-electron chi connectivity index (χ1n) is 4.81. The molecule has 1 aromatic carbocycles. The molecule has 0 bridgehead atoms. The van der Waals surface area contributed by atoms with Crippen LogP contribution in [-0.2, 0) is 13.7 Å².